The molecule has 6 heteroatoms. The van der Waals surface area contributed by atoms with Crippen LogP contribution in [0, 0.1) is 11.8 Å². The second kappa shape index (κ2) is 9.49. The molecule has 2 aliphatic heterocycles. The third-order valence-corrected chi connectivity index (χ3v) is 5.78. The largest absolute Gasteiger partial charge is 0.332 e. The summed E-state index contributed by atoms with van der Waals surface area (Å²) in [6.07, 6.45) is 8.62. The van der Waals surface area contributed by atoms with E-state index in [1.165, 1.54) is 25.7 Å². The van der Waals surface area contributed by atoms with Crippen LogP contribution in [0.5, 0.6) is 0 Å². The molecule has 3 atom stereocenters. The molecular formula is C22H33N5O. The third-order valence-electron chi connectivity index (χ3n) is 5.78. The second-order valence-corrected chi connectivity index (χ2v) is 8.33. The highest BCUT2D eigenvalue weighted by Gasteiger charge is 2.42. The molecule has 6 nitrogen and oxygen atoms in total. The van der Waals surface area contributed by atoms with Gasteiger partial charge >= 0.3 is 0 Å². The maximum absolute atomic E-state index is 11.1. The molecule has 1 aromatic heterocycles. The number of likely N-dealkylation sites (tertiary alicyclic amines) is 1. The number of aromatic nitrogens is 2. The van der Waals surface area contributed by atoms with Gasteiger partial charge in [0.15, 0.2) is 0 Å². The Kier molecular flexibility index (Phi) is 7.03. The molecule has 2 bridgehead atoms. The van der Waals surface area contributed by atoms with Crippen molar-refractivity contribution in [2.45, 2.75) is 64.6 Å². The van der Waals surface area contributed by atoms with Gasteiger partial charge in [-0.2, -0.15) is 0 Å². The Bertz CT molecular complexity index is 709. The molecule has 28 heavy (non-hydrogen) atoms. The van der Waals surface area contributed by atoms with E-state index in [-0.39, 0.29) is 5.78 Å². The minimum absolute atomic E-state index is 0.149. The molecule has 3 unspecified atom stereocenters. The molecule has 0 N–H and O–H groups in total. The zero-order chi connectivity index (χ0) is 20.1. The minimum atomic E-state index is 0.149. The summed E-state index contributed by atoms with van der Waals surface area (Å²) in [5.41, 5.74) is 0.822. The van der Waals surface area contributed by atoms with E-state index in [0.29, 0.717) is 31.2 Å². The first-order valence-corrected chi connectivity index (χ1v) is 10.5. The number of rotatable bonds is 7. The van der Waals surface area contributed by atoms with Crippen LogP contribution in [0.15, 0.2) is 12.4 Å². The van der Waals surface area contributed by atoms with E-state index < -0.39 is 0 Å². The molecule has 0 amide bonds. The highest BCUT2D eigenvalue weighted by molar-refractivity contribution is 5.77. The zero-order valence-corrected chi connectivity index (χ0v) is 17.7. The van der Waals surface area contributed by atoms with Gasteiger partial charge in [-0.05, 0) is 40.2 Å². The number of anilines is 1. The predicted molar refractivity (Wildman–Crippen MR) is 112 cm³/mol. The van der Waals surface area contributed by atoms with Crippen molar-refractivity contribution < 1.29 is 4.79 Å². The summed E-state index contributed by atoms with van der Waals surface area (Å²) < 4.78 is 0. The number of ketones is 1. The van der Waals surface area contributed by atoms with Crippen molar-refractivity contribution in [3.8, 4) is 11.8 Å². The number of hydrogen-bond acceptors (Lipinski definition) is 6. The van der Waals surface area contributed by atoms with Gasteiger partial charge in [-0.25, -0.2) is 9.97 Å². The Labute approximate surface area is 169 Å². The summed E-state index contributed by atoms with van der Waals surface area (Å²) in [5, 5.41) is 0. The van der Waals surface area contributed by atoms with Crippen molar-refractivity contribution in [2.75, 3.05) is 38.1 Å². The second-order valence-electron chi connectivity index (χ2n) is 8.33. The molecule has 0 radical (unpaired) electrons. The van der Waals surface area contributed by atoms with Crippen molar-refractivity contribution in [3.63, 3.8) is 0 Å². The van der Waals surface area contributed by atoms with Crippen LogP contribution in [0.1, 0.15) is 52.0 Å². The third kappa shape index (κ3) is 5.09. The van der Waals surface area contributed by atoms with E-state index in [2.05, 4.69) is 45.5 Å². The van der Waals surface area contributed by atoms with Crippen LogP contribution in [0.25, 0.3) is 0 Å². The maximum Gasteiger partial charge on any atom is 0.225 e. The van der Waals surface area contributed by atoms with Gasteiger partial charge in [0.1, 0.15) is 5.78 Å². The Morgan fingerprint density at radius 2 is 1.93 bits per heavy atom. The number of carbonyl (C=O) groups is 1. The highest BCUT2D eigenvalue weighted by atomic mass is 16.1. The molecule has 0 saturated carbocycles. The number of likely N-dealkylation sites (N-methyl/N-ethyl adjacent to an activating group) is 1. The van der Waals surface area contributed by atoms with Crippen LogP contribution in [0.3, 0.4) is 0 Å². The number of hydrogen-bond donors (Lipinski definition) is 0. The first-order chi connectivity index (χ1) is 13.5. The van der Waals surface area contributed by atoms with Crippen molar-refractivity contribution in [3.05, 3.63) is 18.0 Å². The summed E-state index contributed by atoms with van der Waals surface area (Å²) in [7, 11) is 1.90. The van der Waals surface area contributed by atoms with Gasteiger partial charge in [0.25, 0.3) is 0 Å². The van der Waals surface area contributed by atoms with Crippen LogP contribution in [-0.4, -0.2) is 76.9 Å². The summed E-state index contributed by atoms with van der Waals surface area (Å²) in [5.74, 6) is 7.18. The van der Waals surface area contributed by atoms with Crippen molar-refractivity contribution in [1.82, 2.24) is 19.8 Å². The van der Waals surface area contributed by atoms with Gasteiger partial charge in [0.2, 0.25) is 5.95 Å². The fourth-order valence-corrected chi connectivity index (χ4v) is 4.45. The number of Topliss-reactive ketones (excluding diaryl/α,β-unsaturated/α-hetero) is 1. The number of fused-ring (bicyclic) bond motifs is 2. The molecule has 2 saturated heterocycles. The fourth-order valence-electron chi connectivity index (χ4n) is 4.45. The average Bonchev–Trinajstić information content (AvgIpc) is 2.91. The molecule has 2 fully saturated rings. The molecule has 2 aliphatic rings. The molecule has 152 valence electrons. The van der Waals surface area contributed by atoms with Crippen LogP contribution >= 0.6 is 0 Å². The predicted octanol–water partition coefficient (Wildman–Crippen LogP) is 2.19. The van der Waals surface area contributed by atoms with Crippen LogP contribution < -0.4 is 4.90 Å². The Hall–Kier alpha value is -1.97. The molecule has 0 aromatic carbocycles. The number of carbonyl (C=O) groups excluding carboxylic acids is 1. The number of piperazine rings is 1. The molecule has 3 heterocycles. The summed E-state index contributed by atoms with van der Waals surface area (Å²) >= 11 is 0. The van der Waals surface area contributed by atoms with Gasteiger partial charge in [-0.3, -0.25) is 14.6 Å². The van der Waals surface area contributed by atoms with E-state index >= 15 is 0 Å². The lowest BCUT2D eigenvalue weighted by Crippen LogP contribution is -2.56. The molecule has 3 rings (SSSR count). The van der Waals surface area contributed by atoms with Crippen LogP contribution in [0.2, 0.25) is 0 Å². The first kappa shape index (κ1) is 20.8. The van der Waals surface area contributed by atoms with Gasteiger partial charge in [-0.15, -0.1) is 0 Å². The first-order valence-electron chi connectivity index (χ1n) is 10.5. The van der Waals surface area contributed by atoms with Crippen molar-refractivity contribution >= 4 is 11.7 Å². The molecule has 1 aromatic rings. The fraction of sp³-hybridized carbons (Fsp3) is 0.682. The summed E-state index contributed by atoms with van der Waals surface area (Å²) in [6, 6.07) is 1.71. The van der Waals surface area contributed by atoms with E-state index in [0.717, 1.165) is 24.6 Å². The van der Waals surface area contributed by atoms with E-state index in [1.54, 1.807) is 6.92 Å². The normalized spacial score (nSPS) is 22.8. The van der Waals surface area contributed by atoms with E-state index in [1.807, 2.05) is 24.3 Å². The lowest BCUT2D eigenvalue weighted by molar-refractivity contribution is -0.117. The van der Waals surface area contributed by atoms with E-state index in [4.69, 9.17) is 0 Å². The Morgan fingerprint density at radius 1 is 1.29 bits per heavy atom. The monoisotopic (exact) mass is 383 g/mol. The van der Waals surface area contributed by atoms with Gasteiger partial charge in [0.05, 0.1) is 18.7 Å². The van der Waals surface area contributed by atoms with Crippen LogP contribution in [0.4, 0.5) is 5.95 Å². The molecule has 0 aliphatic carbocycles. The molecular weight excluding hydrogens is 350 g/mol. The Morgan fingerprint density at radius 3 is 2.50 bits per heavy atom. The van der Waals surface area contributed by atoms with Crippen LogP contribution in [-0.2, 0) is 4.79 Å². The van der Waals surface area contributed by atoms with E-state index in [9.17, 15) is 4.79 Å². The smallest absolute Gasteiger partial charge is 0.225 e. The topological polar surface area (TPSA) is 52.6 Å². The quantitative estimate of drug-likeness (QED) is 0.673. The minimum Gasteiger partial charge on any atom is -0.332 e. The maximum atomic E-state index is 11.1. The SMILES string of the molecule is CCCC(C)N1CC2CCC(C1)N2c1ncc(C#CCN(C)CC(C)=O)cn1. The highest BCUT2D eigenvalue weighted by Crippen LogP contribution is 2.34. The lowest BCUT2D eigenvalue weighted by Gasteiger charge is -2.43. The Balaban J connectivity index is 1.60. The number of nitrogens with zero attached hydrogens (tertiary/aromatic N) is 5. The van der Waals surface area contributed by atoms with Gasteiger partial charge in [-0.1, -0.05) is 25.2 Å². The van der Waals surface area contributed by atoms with Crippen molar-refractivity contribution in [1.29, 1.82) is 0 Å². The standard InChI is InChI=1S/C22H33N5O/c1-5-7-17(2)26-15-20-9-10-21(16-26)27(20)22-23-12-19(13-24-22)8-6-11-25(4)14-18(3)28/h12-13,17,20-21H,5,7,9-11,14-16H2,1-4H3. The summed E-state index contributed by atoms with van der Waals surface area (Å²) in [4.78, 5) is 27.3. The lowest BCUT2D eigenvalue weighted by atomic mass is 10.1. The van der Waals surface area contributed by atoms with Gasteiger partial charge in [0, 0.05) is 43.6 Å². The summed E-state index contributed by atoms with van der Waals surface area (Å²) in [6.45, 7) is 9.43. The van der Waals surface area contributed by atoms with Crippen molar-refractivity contribution in [2.24, 2.45) is 0 Å². The zero-order valence-electron chi connectivity index (χ0n) is 17.7. The molecule has 0 spiro atoms. The van der Waals surface area contributed by atoms with Gasteiger partial charge < -0.3 is 4.90 Å². The average molecular weight is 384 g/mol.